The fraction of sp³-hybridized carbons (Fsp3) is 0.524. The number of carbonyl (C=O) groups excluding carboxylic acids is 1. The molecule has 10 nitrogen and oxygen atoms in total. The van der Waals surface area contributed by atoms with E-state index in [1.807, 2.05) is 9.80 Å². The van der Waals surface area contributed by atoms with Gasteiger partial charge in [-0.05, 0) is 13.0 Å². The first-order valence-electron chi connectivity index (χ1n) is 10.9. The quantitative estimate of drug-likeness (QED) is 0.689. The zero-order chi connectivity index (χ0) is 24.1. The van der Waals surface area contributed by atoms with Gasteiger partial charge in [0, 0.05) is 44.0 Å². The van der Waals surface area contributed by atoms with Crippen molar-refractivity contribution < 1.29 is 32.2 Å². The van der Waals surface area contributed by atoms with Crippen molar-refractivity contribution in [2.24, 2.45) is 0 Å². The maximum Gasteiger partial charge on any atom is 0.417 e. The van der Waals surface area contributed by atoms with Gasteiger partial charge in [-0.15, -0.1) is 0 Å². The fourth-order valence-corrected chi connectivity index (χ4v) is 3.65. The van der Waals surface area contributed by atoms with Crippen LogP contribution in [0.5, 0.6) is 0 Å². The van der Waals surface area contributed by atoms with Gasteiger partial charge in [0.25, 0.3) is 0 Å². The normalized spacial score (nSPS) is 16.9. The molecule has 2 aromatic heterocycles. The second-order valence-corrected chi connectivity index (χ2v) is 7.57. The second-order valence-electron chi connectivity index (χ2n) is 7.57. The number of ether oxygens (including phenoxy) is 3. The van der Waals surface area contributed by atoms with E-state index in [4.69, 9.17) is 14.2 Å². The number of hydrogen-bond acceptors (Lipinski definition) is 9. The third-order valence-electron chi connectivity index (χ3n) is 5.32. The smallest absolute Gasteiger partial charge is 0.417 e. The van der Waals surface area contributed by atoms with Gasteiger partial charge in [0.1, 0.15) is 11.6 Å². The maximum absolute atomic E-state index is 14.0. The molecule has 1 amide bonds. The number of anilines is 3. The Kier molecular flexibility index (Phi) is 7.32. The topological polar surface area (TPSA) is 102 Å². The Balaban J connectivity index is 1.77. The molecule has 184 valence electrons. The standard InChI is InChI=1S/C21H25F3N6O4/c1-2-34-20(31)27-17-11-15(21(22,23)24)14(13-25-17)16-12-18(29-3-7-32-8-4-29)28-19(26-16)30-5-9-33-10-6-30/h11-13H,2-10H2,1H3,(H,25,27,31). The van der Waals surface area contributed by atoms with Crippen LogP contribution in [0.15, 0.2) is 18.3 Å². The van der Waals surface area contributed by atoms with Crippen molar-refractivity contribution in [3.63, 3.8) is 0 Å². The van der Waals surface area contributed by atoms with Crippen LogP contribution in [0.1, 0.15) is 12.5 Å². The van der Waals surface area contributed by atoms with Crippen molar-refractivity contribution in [1.82, 2.24) is 15.0 Å². The highest BCUT2D eigenvalue weighted by molar-refractivity contribution is 5.84. The molecule has 34 heavy (non-hydrogen) atoms. The number of morpholine rings is 2. The van der Waals surface area contributed by atoms with Gasteiger partial charge in [0.15, 0.2) is 0 Å². The van der Waals surface area contributed by atoms with Gasteiger partial charge in [-0.3, -0.25) is 5.32 Å². The van der Waals surface area contributed by atoms with Crippen LogP contribution < -0.4 is 15.1 Å². The number of aromatic nitrogens is 3. The number of nitrogens with zero attached hydrogens (tertiary/aromatic N) is 5. The molecular formula is C21H25F3N6O4. The van der Waals surface area contributed by atoms with E-state index in [1.165, 1.54) is 6.07 Å². The van der Waals surface area contributed by atoms with Crippen molar-refractivity contribution in [2.75, 3.05) is 74.3 Å². The molecule has 0 spiro atoms. The summed E-state index contributed by atoms with van der Waals surface area (Å²) in [6, 6.07) is 2.30. The predicted octanol–water partition coefficient (Wildman–Crippen LogP) is 2.80. The lowest BCUT2D eigenvalue weighted by Crippen LogP contribution is -2.39. The van der Waals surface area contributed by atoms with E-state index < -0.39 is 17.8 Å². The molecule has 2 aliphatic rings. The largest absolute Gasteiger partial charge is 0.450 e. The first-order chi connectivity index (χ1) is 16.3. The number of carbonyl (C=O) groups is 1. The van der Waals surface area contributed by atoms with Crippen LogP contribution in [0.2, 0.25) is 0 Å². The number of rotatable bonds is 5. The summed E-state index contributed by atoms with van der Waals surface area (Å²) >= 11 is 0. The Bertz CT molecular complexity index is 974. The van der Waals surface area contributed by atoms with Gasteiger partial charge < -0.3 is 24.0 Å². The van der Waals surface area contributed by atoms with E-state index in [0.717, 1.165) is 12.3 Å². The van der Waals surface area contributed by atoms with Gasteiger partial charge in [-0.1, -0.05) is 0 Å². The van der Waals surface area contributed by atoms with Crippen LogP contribution in [0.4, 0.5) is 35.5 Å². The molecule has 4 rings (SSSR count). The van der Waals surface area contributed by atoms with E-state index >= 15 is 0 Å². The number of hydrogen-bond donors (Lipinski definition) is 1. The SMILES string of the molecule is CCOC(=O)Nc1cc(C(F)(F)F)c(-c2cc(N3CCOCC3)nc(N3CCOCC3)n2)cn1. The highest BCUT2D eigenvalue weighted by Gasteiger charge is 2.35. The molecule has 0 radical (unpaired) electrons. The lowest BCUT2D eigenvalue weighted by Gasteiger charge is -2.31. The highest BCUT2D eigenvalue weighted by atomic mass is 19.4. The number of halogens is 3. The van der Waals surface area contributed by atoms with Crippen LogP contribution in [-0.2, 0) is 20.4 Å². The highest BCUT2D eigenvalue weighted by Crippen LogP contribution is 2.38. The lowest BCUT2D eigenvalue weighted by atomic mass is 10.1. The molecule has 2 saturated heterocycles. The van der Waals surface area contributed by atoms with Gasteiger partial charge >= 0.3 is 12.3 Å². The fourth-order valence-electron chi connectivity index (χ4n) is 3.65. The summed E-state index contributed by atoms with van der Waals surface area (Å²) in [6.07, 6.45) is -4.55. The zero-order valence-electron chi connectivity index (χ0n) is 18.6. The zero-order valence-corrected chi connectivity index (χ0v) is 18.6. The van der Waals surface area contributed by atoms with E-state index in [1.54, 1.807) is 6.92 Å². The first-order valence-corrected chi connectivity index (χ1v) is 10.9. The van der Waals surface area contributed by atoms with Gasteiger partial charge in [0.2, 0.25) is 5.95 Å². The Labute approximate surface area is 194 Å². The molecular weight excluding hydrogens is 457 g/mol. The molecule has 2 fully saturated rings. The molecule has 0 saturated carbocycles. The average Bonchev–Trinajstić information content (AvgIpc) is 2.84. The van der Waals surface area contributed by atoms with E-state index in [-0.39, 0.29) is 23.7 Å². The number of pyridine rings is 1. The van der Waals surface area contributed by atoms with Gasteiger partial charge in [-0.25, -0.2) is 14.8 Å². The Morgan fingerprint density at radius 1 is 1.06 bits per heavy atom. The molecule has 0 bridgehead atoms. The van der Waals surface area contributed by atoms with Crippen molar-refractivity contribution >= 4 is 23.7 Å². The number of nitrogens with one attached hydrogen (secondary N) is 1. The molecule has 13 heteroatoms. The van der Waals surface area contributed by atoms with Crippen LogP contribution in [0, 0.1) is 0 Å². The average molecular weight is 482 g/mol. The molecule has 0 atom stereocenters. The minimum atomic E-state index is -4.72. The summed E-state index contributed by atoms with van der Waals surface area (Å²) in [5.41, 5.74) is -1.11. The van der Waals surface area contributed by atoms with Crippen LogP contribution in [0.25, 0.3) is 11.3 Å². The summed E-state index contributed by atoms with van der Waals surface area (Å²) in [5.74, 6) is 0.561. The molecule has 2 aromatic rings. The Morgan fingerprint density at radius 3 is 2.32 bits per heavy atom. The monoisotopic (exact) mass is 482 g/mol. The summed E-state index contributed by atoms with van der Waals surface area (Å²) in [4.78, 5) is 28.6. The predicted molar refractivity (Wildman–Crippen MR) is 117 cm³/mol. The Morgan fingerprint density at radius 2 is 1.71 bits per heavy atom. The first kappa shape index (κ1) is 24.0. The summed E-state index contributed by atoms with van der Waals surface area (Å²) in [7, 11) is 0. The number of amides is 1. The van der Waals surface area contributed by atoms with Crippen LogP contribution in [-0.4, -0.2) is 80.3 Å². The van der Waals surface area contributed by atoms with Crippen LogP contribution >= 0.6 is 0 Å². The summed E-state index contributed by atoms with van der Waals surface area (Å²) < 4.78 is 57.6. The summed E-state index contributed by atoms with van der Waals surface area (Å²) in [5, 5.41) is 2.21. The van der Waals surface area contributed by atoms with Crippen molar-refractivity contribution in [2.45, 2.75) is 13.1 Å². The minimum absolute atomic E-state index is 0.0750. The molecule has 0 aliphatic carbocycles. The Hall–Kier alpha value is -3.19. The van der Waals surface area contributed by atoms with Gasteiger partial charge in [-0.2, -0.15) is 18.2 Å². The maximum atomic E-state index is 14.0. The van der Waals surface area contributed by atoms with Crippen molar-refractivity contribution in [3.8, 4) is 11.3 Å². The lowest BCUT2D eigenvalue weighted by molar-refractivity contribution is -0.137. The van der Waals surface area contributed by atoms with E-state index in [9.17, 15) is 18.0 Å². The third-order valence-corrected chi connectivity index (χ3v) is 5.32. The molecule has 0 aromatic carbocycles. The number of alkyl halides is 3. The summed E-state index contributed by atoms with van der Waals surface area (Å²) in [6.45, 7) is 5.78. The van der Waals surface area contributed by atoms with Crippen LogP contribution in [0.3, 0.4) is 0 Å². The van der Waals surface area contributed by atoms with E-state index in [2.05, 4.69) is 20.3 Å². The third kappa shape index (κ3) is 5.65. The minimum Gasteiger partial charge on any atom is -0.450 e. The molecule has 1 N–H and O–H groups in total. The molecule has 0 unspecified atom stereocenters. The molecule has 4 heterocycles. The van der Waals surface area contributed by atoms with Gasteiger partial charge in [0.05, 0.1) is 44.3 Å². The second kappa shape index (κ2) is 10.4. The van der Waals surface area contributed by atoms with E-state index in [0.29, 0.717) is 64.4 Å². The molecule has 2 aliphatic heterocycles. The van der Waals surface area contributed by atoms with Crippen molar-refractivity contribution in [1.29, 1.82) is 0 Å². The van der Waals surface area contributed by atoms with Crippen molar-refractivity contribution in [3.05, 3.63) is 23.9 Å².